The number of aromatic nitrogens is 1. The van der Waals surface area contributed by atoms with E-state index in [-0.39, 0.29) is 12.7 Å². The topological polar surface area (TPSA) is 60.8 Å². The van der Waals surface area contributed by atoms with Crippen molar-refractivity contribution in [1.82, 2.24) is 4.98 Å². The van der Waals surface area contributed by atoms with Crippen LogP contribution in [0.25, 0.3) is 0 Å². The van der Waals surface area contributed by atoms with E-state index in [0.29, 0.717) is 36.3 Å². The zero-order valence-electron chi connectivity index (χ0n) is 13.7. The van der Waals surface area contributed by atoms with Crippen molar-refractivity contribution in [2.75, 3.05) is 20.3 Å². The summed E-state index contributed by atoms with van der Waals surface area (Å²) < 4.78 is 16.8. The van der Waals surface area contributed by atoms with Gasteiger partial charge >= 0.3 is 0 Å². The number of pyridine rings is 1. The van der Waals surface area contributed by atoms with Gasteiger partial charge in [-0.25, -0.2) is 0 Å². The molecule has 2 atom stereocenters. The molecular formula is C17H27NO4. The van der Waals surface area contributed by atoms with E-state index in [9.17, 15) is 0 Å². The third-order valence-electron chi connectivity index (χ3n) is 4.00. The number of hydrogen-bond acceptors (Lipinski definition) is 5. The normalized spacial score (nSPS) is 23.5. The van der Waals surface area contributed by atoms with Crippen LogP contribution in [0.3, 0.4) is 0 Å². The molecule has 22 heavy (non-hydrogen) atoms. The maximum atomic E-state index is 9.08. The van der Waals surface area contributed by atoms with Crippen molar-refractivity contribution in [2.45, 2.75) is 45.3 Å². The molecular weight excluding hydrogens is 282 g/mol. The van der Waals surface area contributed by atoms with Crippen LogP contribution < -0.4 is 9.47 Å². The second kappa shape index (κ2) is 8.34. The molecule has 124 valence electrons. The molecule has 0 spiro atoms. The van der Waals surface area contributed by atoms with Gasteiger partial charge in [-0.05, 0) is 18.3 Å². The fraction of sp³-hybridized carbons (Fsp3) is 0.706. The van der Waals surface area contributed by atoms with Crippen molar-refractivity contribution in [1.29, 1.82) is 0 Å². The third-order valence-corrected chi connectivity index (χ3v) is 4.00. The number of ether oxygens (including phenoxy) is 3. The summed E-state index contributed by atoms with van der Waals surface area (Å²) in [5, 5.41) is 9.08. The van der Waals surface area contributed by atoms with Gasteiger partial charge in [-0.3, -0.25) is 0 Å². The Morgan fingerprint density at radius 3 is 2.59 bits per heavy atom. The molecule has 1 aliphatic rings. The highest BCUT2D eigenvalue weighted by atomic mass is 16.5. The smallest absolute Gasteiger partial charge is 0.216 e. The van der Waals surface area contributed by atoms with Gasteiger partial charge in [0.05, 0.1) is 12.7 Å². The quantitative estimate of drug-likeness (QED) is 0.760. The molecule has 1 fully saturated rings. The summed E-state index contributed by atoms with van der Waals surface area (Å²) in [5.74, 6) is 1.87. The van der Waals surface area contributed by atoms with Crippen molar-refractivity contribution in [3.8, 4) is 11.8 Å². The Labute approximate surface area is 132 Å². The van der Waals surface area contributed by atoms with E-state index >= 15 is 0 Å². The van der Waals surface area contributed by atoms with Crippen molar-refractivity contribution in [3.63, 3.8) is 0 Å². The molecule has 1 aromatic rings. The van der Waals surface area contributed by atoms with Gasteiger partial charge in [0, 0.05) is 38.7 Å². The zero-order valence-corrected chi connectivity index (χ0v) is 13.7. The van der Waals surface area contributed by atoms with E-state index in [0.717, 1.165) is 19.3 Å². The van der Waals surface area contributed by atoms with Crippen LogP contribution >= 0.6 is 0 Å². The van der Waals surface area contributed by atoms with Gasteiger partial charge in [0.1, 0.15) is 6.10 Å². The van der Waals surface area contributed by atoms with E-state index in [4.69, 9.17) is 19.3 Å². The van der Waals surface area contributed by atoms with Crippen LogP contribution in [-0.4, -0.2) is 42.6 Å². The first kappa shape index (κ1) is 17.0. The van der Waals surface area contributed by atoms with Crippen molar-refractivity contribution < 1.29 is 19.3 Å². The first-order valence-electron chi connectivity index (χ1n) is 8.00. The molecule has 0 aromatic carbocycles. The maximum Gasteiger partial charge on any atom is 0.216 e. The third kappa shape index (κ3) is 5.14. The molecule has 0 saturated heterocycles. The number of aliphatic hydroxyl groups excluding tert-OH is 1. The number of methoxy groups -OCH3 is 1. The second-order valence-corrected chi connectivity index (χ2v) is 6.32. The van der Waals surface area contributed by atoms with E-state index in [1.165, 1.54) is 0 Å². The highest BCUT2D eigenvalue weighted by molar-refractivity contribution is 5.20. The number of aliphatic hydroxyl groups is 1. The van der Waals surface area contributed by atoms with Crippen molar-refractivity contribution in [2.24, 2.45) is 11.8 Å². The van der Waals surface area contributed by atoms with E-state index in [1.54, 1.807) is 7.11 Å². The largest absolute Gasteiger partial charge is 0.477 e. The summed E-state index contributed by atoms with van der Waals surface area (Å²) in [6, 6.07) is 5.59. The summed E-state index contributed by atoms with van der Waals surface area (Å²) in [4.78, 5) is 4.38. The minimum Gasteiger partial charge on any atom is -0.477 e. The van der Waals surface area contributed by atoms with Crippen LogP contribution in [0.4, 0.5) is 0 Å². The van der Waals surface area contributed by atoms with Crippen LogP contribution in [0, 0.1) is 11.8 Å². The van der Waals surface area contributed by atoms with Crippen LogP contribution in [0.15, 0.2) is 18.2 Å². The van der Waals surface area contributed by atoms with E-state index < -0.39 is 0 Å². The van der Waals surface area contributed by atoms with Crippen LogP contribution in [0.1, 0.15) is 33.1 Å². The lowest BCUT2D eigenvalue weighted by Crippen LogP contribution is -2.39. The van der Waals surface area contributed by atoms with Gasteiger partial charge < -0.3 is 19.3 Å². The average Bonchev–Trinajstić information content (AvgIpc) is 2.48. The van der Waals surface area contributed by atoms with Gasteiger partial charge in [-0.1, -0.05) is 19.9 Å². The molecule has 1 aromatic heterocycles. The second-order valence-electron chi connectivity index (χ2n) is 6.32. The fourth-order valence-electron chi connectivity index (χ4n) is 2.58. The first-order valence-corrected chi connectivity index (χ1v) is 8.00. The molecule has 0 bridgehead atoms. The first-order chi connectivity index (χ1) is 10.6. The minimum atomic E-state index is 0.192. The lowest BCUT2D eigenvalue weighted by Gasteiger charge is -2.33. The maximum absolute atomic E-state index is 9.08. The van der Waals surface area contributed by atoms with Gasteiger partial charge in [-0.15, -0.1) is 0 Å². The molecule has 2 unspecified atom stereocenters. The molecule has 2 rings (SSSR count). The lowest BCUT2D eigenvalue weighted by molar-refractivity contribution is -0.0398. The average molecular weight is 309 g/mol. The molecule has 1 heterocycles. The summed E-state index contributed by atoms with van der Waals surface area (Å²) >= 11 is 0. The predicted molar refractivity (Wildman–Crippen MR) is 84.2 cm³/mol. The summed E-state index contributed by atoms with van der Waals surface area (Å²) in [5.41, 5.74) is 0. The Bertz CT molecular complexity index is 448. The van der Waals surface area contributed by atoms with Gasteiger partial charge in [0.25, 0.3) is 0 Å². The summed E-state index contributed by atoms with van der Waals surface area (Å²) in [6.45, 7) is 4.96. The zero-order chi connectivity index (χ0) is 15.9. The lowest BCUT2D eigenvalue weighted by atomic mass is 9.92. The van der Waals surface area contributed by atoms with E-state index in [1.807, 2.05) is 25.1 Å². The predicted octanol–water partition coefficient (Wildman–Crippen LogP) is 2.67. The minimum absolute atomic E-state index is 0.192. The Morgan fingerprint density at radius 1 is 1.18 bits per heavy atom. The highest BCUT2D eigenvalue weighted by Crippen LogP contribution is 2.27. The Balaban J connectivity index is 1.76. The van der Waals surface area contributed by atoms with Gasteiger partial charge in [0.15, 0.2) is 0 Å². The Morgan fingerprint density at radius 2 is 1.91 bits per heavy atom. The van der Waals surface area contributed by atoms with Crippen LogP contribution in [0.5, 0.6) is 11.8 Å². The molecule has 0 amide bonds. The molecule has 5 nitrogen and oxygen atoms in total. The molecule has 0 radical (unpaired) electrons. The number of hydrogen-bond donors (Lipinski definition) is 1. The van der Waals surface area contributed by atoms with Gasteiger partial charge in [0.2, 0.25) is 11.8 Å². The highest BCUT2D eigenvalue weighted by Gasteiger charge is 2.31. The van der Waals surface area contributed by atoms with E-state index in [2.05, 4.69) is 11.9 Å². The number of rotatable bonds is 9. The van der Waals surface area contributed by atoms with Crippen LogP contribution in [-0.2, 0) is 4.74 Å². The molecule has 1 aliphatic carbocycles. The van der Waals surface area contributed by atoms with Crippen molar-refractivity contribution in [3.05, 3.63) is 18.2 Å². The Kier molecular flexibility index (Phi) is 6.46. The molecule has 1 saturated carbocycles. The molecule has 1 N–H and O–H groups in total. The molecule has 0 aliphatic heterocycles. The summed E-state index contributed by atoms with van der Waals surface area (Å²) in [6.07, 6.45) is 3.28. The van der Waals surface area contributed by atoms with Gasteiger partial charge in [-0.2, -0.15) is 4.98 Å². The van der Waals surface area contributed by atoms with Crippen molar-refractivity contribution >= 4 is 0 Å². The summed E-state index contributed by atoms with van der Waals surface area (Å²) in [7, 11) is 1.73. The monoisotopic (exact) mass is 309 g/mol. The standard InChI is InChI=1S/C17H27NO4/c1-12(10-19)7-13(2)11-21-16-5-4-6-17(18-16)22-15-8-14(9-15)20-3/h4-6,12-15,19H,7-11H2,1-3H3. The van der Waals surface area contributed by atoms with Crippen LogP contribution in [0.2, 0.25) is 0 Å². The molecule has 5 heteroatoms. The fourth-order valence-corrected chi connectivity index (χ4v) is 2.58. The Hall–Kier alpha value is -1.33. The SMILES string of the molecule is COC1CC(Oc2cccc(OCC(C)CC(C)CO)n2)C1. The number of nitrogens with zero attached hydrogens (tertiary/aromatic N) is 1.